The van der Waals surface area contributed by atoms with E-state index in [9.17, 15) is 0 Å². The largest absolute Gasteiger partial charge is 0.327 e. The molecule has 0 aromatic heterocycles. The Labute approximate surface area is 107 Å². The average Bonchev–Trinajstić information content (AvgIpc) is 3.15. The Bertz CT molecular complexity index is 237. The lowest BCUT2D eigenvalue weighted by Crippen LogP contribution is -2.44. The minimum absolute atomic E-state index is 0.451. The van der Waals surface area contributed by atoms with Crippen LogP contribution in [0.2, 0.25) is 0 Å². The molecule has 0 aromatic rings. The van der Waals surface area contributed by atoms with Crippen molar-refractivity contribution in [3.8, 4) is 0 Å². The van der Waals surface area contributed by atoms with E-state index in [4.69, 9.17) is 5.73 Å². The highest BCUT2D eigenvalue weighted by Gasteiger charge is 2.33. The molecule has 17 heavy (non-hydrogen) atoms. The van der Waals surface area contributed by atoms with Gasteiger partial charge in [-0.25, -0.2) is 0 Å². The molecule has 0 aliphatic heterocycles. The molecule has 0 amide bonds. The van der Waals surface area contributed by atoms with Crippen molar-refractivity contribution < 1.29 is 0 Å². The van der Waals surface area contributed by atoms with Gasteiger partial charge in [0.05, 0.1) is 0 Å². The summed E-state index contributed by atoms with van der Waals surface area (Å²) in [6.07, 6.45) is 8.19. The van der Waals surface area contributed by atoms with Gasteiger partial charge in [0.2, 0.25) is 0 Å². The molecular formula is C15H30N2. The van der Waals surface area contributed by atoms with E-state index in [2.05, 4.69) is 25.8 Å². The first-order valence-corrected chi connectivity index (χ1v) is 7.57. The highest BCUT2D eigenvalue weighted by Crippen LogP contribution is 2.36. The van der Waals surface area contributed by atoms with E-state index in [1.807, 2.05) is 0 Å². The first-order chi connectivity index (χ1) is 8.11. The van der Waals surface area contributed by atoms with Crippen molar-refractivity contribution >= 4 is 0 Å². The predicted octanol–water partition coefficient (Wildman–Crippen LogP) is 2.87. The summed E-state index contributed by atoms with van der Waals surface area (Å²) in [6.45, 7) is 5.94. The standard InChI is InChI=1S/C15H30N2/c1-4-12-5-8-15(16)14(9-12)10-17(3)11(2)13-6-7-13/h11-15H,4-10,16H2,1-3H3. The number of nitrogens with zero attached hydrogens (tertiary/aromatic N) is 1. The average molecular weight is 238 g/mol. The fourth-order valence-electron chi connectivity index (χ4n) is 3.44. The smallest absolute Gasteiger partial charge is 0.00922 e. The predicted molar refractivity (Wildman–Crippen MR) is 73.9 cm³/mol. The first kappa shape index (κ1) is 13.4. The summed E-state index contributed by atoms with van der Waals surface area (Å²) in [5.74, 6) is 2.64. The van der Waals surface area contributed by atoms with Crippen molar-refractivity contribution in [3.63, 3.8) is 0 Å². The maximum Gasteiger partial charge on any atom is 0.00922 e. The second-order valence-corrected chi connectivity index (χ2v) is 6.53. The van der Waals surface area contributed by atoms with Gasteiger partial charge in [0.25, 0.3) is 0 Å². The number of rotatable bonds is 5. The summed E-state index contributed by atoms with van der Waals surface area (Å²) in [4.78, 5) is 2.57. The molecule has 0 radical (unpaired) electrons. The molecule has 100 valence electrons. The van der Waals surface area contributed by atoms with Gasteiger partial charge < -0.3 is 10.6 Å². The number of nitrogens with two attached hydrogens (primary N) is 1. The topological polar surface area (TPSA) is 29.3 Å². The van der Waals surface area contributed by atoms with E-state index in [0.29, 0.717) is 6.04 Å². The molecular weight excluding hydrogens is 208 g/mol. The second kappa shape index (κ2) is 5.71. The van der Waals surface area contributed by atoms with Crippen LogP contribution >= 0.6 is 0 Å². The van der Waals surface area contributed by atoms with Crippen LogP contribution in [0.5, 0.6) is 0 Å². The molecule has 2 nitrogen and oxygen atoms in total. The zero-order chi connectivity index (χ0) is 12.4. The Balaban J connectivity index is 1.82. The maximum absolute atomic E-state index is 6.31. The Morgan fingerprint density at radius 3 is 2.53 bits per heavy atom. The fraction of sp³-hybridized carbons (Fsp3) is 1.00. The molecule has 2 N–H and O–H groups in total. The molecule has 2 saturated carbocycles. The number of hydrogen-bond acceptors (Lipinski definition) is 2. The molecule has 2 fully saturated rings. The van der Waals surface area contributed by atoms with Crippen LogP contribution in [0.4, 0.5) is 0 Å². The highest BCUT2D eigenvalue weighted by molar-refractivity contribution is 4.88. The summed E-state index contributed by atoms with van der Waals surface area (Å²) >= 11 is 0. The van der Waals surface area contributed by atoms with Crippen molar-refractivity contribution in [1.82, 2.24) is 4.90 Å². The summed E-state index contributed by atoms with van der Waals surface area (Å²) in [5, 5.41) is 0. The van der Waals surface area contributed by atoms with Crippen LogP contribution in [0.25, 0.3) is 0 Å². The summed E-state index contributed by atoms with van der Waals surface area (Å²) in [7, 11) is 2.30. The van der Waals surface area contributed by atoms with Crippen LogP contribution in [-0.4, -0.2) is 30.6 Å². The van der Waals surface area contributed by atoms with Gasteiger partial charge >= 0.3 is 0 Å². The van der Waals surface area contributed by atoms with Gasteiger partial charge in [0.15, 0.2) is 0 Å². The molecule has 2 rings (SSSR count). The van der Waals surface area contributed by atoms with Gasteiger partial charge in [-0.2, -0.15) is 0 Å². The lowest BCUT2D eigenvalue weighted by Gasteiger charge is -2.37. The van der Waals surface area contributed by atoms with Gasteiger partial charge in [-0.3, -0.25) is 0 Å². The third-order valence-electron chi connectivity index (χ3n) is 5.25. The molecule has 0 spiro atoms. The number of hydrogen-bond donors (Lipinski definition) is 1. The van der Waals surface area contributed by atoms with Crippen LogP contribution in [0.15, 0.2) is 0 Å². The molecule has 0 aromatic carbocycles. The quantitative estimate of drug-likeness (QED) is 0.798. The summed E-state index contributed by atoms with van der Waals surface area (Å²) in [6, 6.07) is 1.22. The Hall–Kier alpha value is -0.0800. The Morgan fingerprint density at radius 2 is 1.94 bits per heavy atom. The lowest BCUT2D eigenvalue weighted by molar-refractivity contribution is 0.140. The van der Waals surface area contributed by atoms with E-state index < -0.39 is 0 Å². The van der Waals surface area contributed by atoms with Crippen molar-refractivity contribution in [3.05, 3.63) is 0 Å². The molecule has 4 unspecified atom stereocenters. The zero-order valence-corrected chi connectivity index (χ0v) is 11.9. The van der Waals surface area contributed by atoms with E-state index in [1.54, 1.807) is 0 Å². The van der Waals surface area contributed by atoms with Crippen molar-refractivity contribution in [2.45, 2.75) is 64.5 Å². The minimum Gasteiger partial charge on any atom is -0.327 e. The highest BCUT2D eigenvalue weighted by atomic mass is 15.1. The van der Waals surface area contributed by atoms with Crippen LogP contribution in [0.3, 0.4) is 0 Å². The molecule has 0 bridgehead atoms. The maximum atomic E-state index is 6.31. The lowest BCUT2D eigenvalue weighted by atomic mass is 9.77. The van der Waals surface area contributed by atoms with Crippen molar-refractivity contribution in [2.75, 3.05) is 13.6 Å². The van der Waals surface area contributed by atoms with Gasteiger partial charge in [-0.1, -0.05) is 13.3 Å². The van der Waals surface area contributed by atoms with E-state index in [-0.39, 0.29) is 0 Å². The SMILES string of the molecule is CCC1CCC(N)C(CN(C)C(C)C2CC2)C1. The van der Waals surface area contributed by atoms with Crippen LogP contribution in [0.1, 0.15) is 52.4 Å². The fourth-order valence-corrected chi connectivity index (χ4v) is 3.44. The molecule has 2 aliphatic rings. The van der Waals surface area contributed by atoms with Gasteiger partial charge in [0.1, 0.15) is 0 Å². The molecule has 0 saturated heterocycles. The van der Waals surface area contributed by atoms with Crippen molar-refractivity contribution in [1.29, 1.82) is 0 Å². The normalized spacial score (nSPS) is 36.2. The molecule has 2 aliphatic carbocycles. The van der Waals surface area contributed by atoms with E-state index >= 15 is 0 Å². The third kappa shape index (κ3) is 3.45. The van der Waals surface area contributed by atoms with Crippen LogP contribution < -0.4 is 5.73 Å². The Kier molecular flexibility index (Phi) is 4.48. The van der Waals surface area contributed by atoms with E-state index in [1.165, 1.54) is 45.1 Å². The summed E-state index contributed by atoms with van der Waals surface area (Å²) < 4.78 is 0. The van der Waals surface area contributed by atoms with E-state index in [0.717, 1.165) is 23.8 Å². The Morgan fingerprint density at radius 1 is 1.24 bits per heavy atom. The third-order valence-corrected chi connectivity index (χ3v) is 5.25. The second-order valence-electron chi connectivity index (χ2n) is 6.53. The molecule has 4 atom stereocenters. The first-order valence-electron chi connectivity index (χ1n) is 7.57. The molecule has 0 heterocycles. The summed E-state index contributed by atoms with van der Waals surface area (Å²) in [5.41, 5.74) is 6.31. The minimum atomic E-state index is 0.451. The van der Waals surface area contributed by atoms with Crippen molar-refractivity contribution in [2.24, 2.45) is 23.5 Å². The van der Waals surface area contributed by atoms with Crippen LogP contribution in [-0.2, 0) is 0 Å². The van der Waals surface area contributed by atoms with Crippen LogP contribution in [0, 0.1) is 17.8 Å². The van der Waals surface area contributed by atoms with Gasteiger partial charge in [-0.15, -0.1) is 0 Å². The van der Waals surface area contributed by atoms with Gasteiger partial charge in [0, 0.05) is 18.6 Å². The monoisotopic (exact) mass is 238 g/mol. The molecule has 2 heteroatoms. The van der Waals surface area contributed by atoms with Gasteiger partial charge in [-0.05, 0) is 63.8 Å². The zero-order valence-electron chi connectivity index (χ0n) is 11.9.